The first-order valence-corrected chi connectivity index (χ1v) is 34.3. The van der Waals surface area contributed by atoms with Crippen LogP contribution in [0, 0.1) is 0 Å². The van der Waals surface area contributed by atoms with Gasteiger partial charge in [-0.2, -0.15) is 0 Å². The molecule has 332 valence electrons. The van der Waals surface area contributed by atoms with Crippen LogP contribution in [0.4, 0.5) is 0 Å². The maximum absolute atomic E-state index is 6.95. The molecule has 0 atom stereocenters. The standard InChI is InChI=1S/C54H36Cl9PSi3/c55-37-1-19-46(20-2-37)65(47-21-3-38(56)4-22-47,48-23-5-39(57)6-24-48)64(66(49-25-7-40(58)8-26-49,50-27-9-41(59)10-28-50)51-29-11-42(60)12-30-51)67(52-31-13-43(61)14-32-52,53-33-15-44(62)16-34-53)54-35-17-45(63)18-36-54/h1-36H. The second-order valence-electron chi connectivity index (χ2n) is 16.0. The first kappa shape index (κ1) is 48.7. The van der Waals surface area contributed by atoms with Gasteiger partial charge in [0.2, 0.25) is 0 Å². The van der Waals surface area contributed by atoms with Crippen molar-refractivity contribution in [2.45, 2.75) is 0 Å². The molecular formula is C54H36Cl9PSi3. The van der Waals surface area contributed by atoms with Gasteiger partial charge in [-0.3, -0.25) is 0 Å². The van der Waals surface area contributed by atoms with Crippen molar-refractivity contribution < 1.29 is 0 Å². The SMILES string of the molecule is Clc1ccc([Si](c2ccc(Cl)cc2)(c2ccc(Cl)cc2)P([Si](c2ccc(Cl)cc2)(c2ccc(Cl)cc2)c2ccc(Cl)cc2)[Si](c2ccc(Cl)cc2)(c2ccc(Cl)cc2)c2ccc(Cl)cc2)cc1. The third kappa shape index (κ3) is 9.16. The third-order valence-electron chi connectivity index (χ3n) is 12.4. The minimum atomic E-state index is -3.76. The summed E-state index contributed by atoms with van der Waals surface area (Å²) in [5, 5.41) is 15.9. The quantitative estimate of drug-likeness (QED) is 0.0650. The van der Waals surface area contributed by atoms with Gasteiger partial charge in [0.25, 0.3) is 0 Å². The van der Waals surface area contributed by atoms with Gasteiger partial charge in [-0.15, -0.1) is 0 Å². The van der Waals surface area contributed by atoms with E-state index in [0.717, 1.165) is 46.7 Å². The Labute approximate surface area is 440 Å². The summed E-state index contributed by atoms with van der Waals surface area (Å²) in [6.07, 6.45) is 0. The second-order valence-corrected chi connectivity index (χ2v) is 44.2. The molecule has 0 fully saturated rings. The topological polar surface area (TPSA) is 0 Å². The Kier molecular flexibility index (Phi) is 14.9. The number of benzene rings is 9. The normalized spacial score (nSPS) is 12.1. The highest BCUT2D eigenvalue weighted by Crippen LogP contribution is 2.60. The summed E-state index contributed by atoms with van der Waals surface area (Å²) in [4.78, 5) is 0. The van der Waals surface area contributed by atoms with Gasteiger partial charge in [0.05, 0.1) is 0 Å². The van der Waals surface area contributed by atoms with Gasteiger partial charge in [0, 0.05) is 45.2 Å². The smallest absolute Gasteiger partial charge is 0.0986 e. The van der Waals surface area contributed by atoms with E-state index in [1.165, 1.54) is 0 Å². The van der Waals surface area contributed by atoms with Gasteiger partial charge in [0.1, 0.15) is 0 Å². The summed E-state index contributed by atoms with van der Waals surface area (Å²) in [5.74, 6) is 0. The lowest BCUT2D eigenvalue weighted by Crippen LogP contribution is -2.84. The largest absolute Gasteiger partial charge is 0.169 e. The third-order valence-corrected chi connectivity index (χ3v) is 58.3. The first-order chi connectivity index (χ1) is 32.4. The molecule has 9 aromatic rings. The molecular weight excluding hydrogens is 1080 g/mol. The molecule has 0 nitrogen and oxygen atoms in total. The van der Waals surface area contributed by atoms with Crippen LogP contribution in [-0.2, 0) is 0 Å². The van der Waals surface area contributed by atoms with E-state index in [0.29, 0.717) is 45.2 Å². The van der Waals surface area contributed by atoms with Gasteiger partial charge in [-0.1, -0.05) is 220 Å². The number of hydrogen-bond donors (Lipinski definition) is 0. The van der Waals surface area contributed by atoms with Crippen LogP contribution < -0.4 is 46.7 Å². The summed E-state index contributed by atoms with van der Waals surface area (Å²) < 4.78 is 0. The van der Waals surface area contributed by atoms with E-state index >= 15 is 0 Å². The minimum absolute atomic E-state index is 0.622. The van der Waals surface area contributed by atoms with Crippen molar-refractivity contribution in [1.82, 2.24) is 0 Å². The Balaban J connectivity index is 1.70. The molecule has 0 saturated carbocycles. The average Bonchev–Trinajstić information content (AvgIpc) is 3.34. The number of hydrogen-bond acceptors (Lipinski definition) is 0. The molecule has 0 bridgehead atoms. The molecule has 67 heavy (non-hydrogen) atoms. The van der Waals surface area contributed by atoms with Crippen molar-refractivity contribution in [1.29, 1.82) is 0 Å². The van der Waals surface area contributed by atoms with Gasteiger partial charge >= 0.3 is 0 Å². The van der Waals surface area contributed by atoms with Crippen molar-refractivity contribution >= 4 is 181 Å². The Bertz CT molecular complexity index is 2440. The summed E-state index contributed by atoms with van der Waals surface area (Å²) in [6, 6.07) is 76.6. The predicted octanol–water partition coefficient (Wildman–Crippen LogP) is 13.4. The lowest BCUT2D eigenvalue weighted by Gasteiger charge is -2.59. The monoisotopic (exact) mass is 1110 g/mol. The Morgan fingerprint density at radius 1 is 0.164 bits per heavy atom. The molecule has 0 saturated heterocycles. The highest BCUT2D eigenvalue weighted by atomic mass is 35.5. The molecule has 13 heteroatoms. The molecule has 0 aliphatic carbocycles. The maximum atomic E-state index is 6.95. The van der Waals surface area contributed by atoms with E-state index in [-0.39, 0.29) is 0 Å². The fraction of sp³-hybridized carbons (Fsp3) is 0. The molecule has 0 amide bonds. The lowest BCUT2D eigenvalue weighted by molar-refractivity contribution is 1.68. The molecule has 0 N–H and O–H groups in total. The summed E-state index contributed by atoms with van der Waals surface area (Å²) in [5.41, 5.74) is 0. The minimum Gasteiger partial charge on any atom is -0.0986 e. The van der Waals surface area contributed by atoms with Crippen LogP contribution in [0.2, 0.25) is 45.2 Å². The zero-order valence-electron chi connectivity index (χ0n) is 35.1. The highest BCUT2D eigenvalue weighted by molar-refractivity contribution is 8.45. The Morgan fingerprint density at radius 2 is 0.254 bits per heavy atom. The van der Waals surface area contributed by atoms with E-state index in [1.807, 2.05) is 109 Å². The van der Waals surface area contributed by atoms with Crippen molar-refractivity contribution in [3.8, 4) is 0 Å². The van der Waals surface area contributed by atoms with E-state index in [1.54, 1.807) is 0 Å². The van der Waals surface area contributed by atoms with Crippen molar-refractivity contribution in [3.05, 3.63) is 264 Å². The zero-order valence-corrected chi connectivity index (χ0v) is 45.8. The van der Waals surface area contributed by atoms with E-state index < -0.39 is 29.8 Å². The van der Waals surface area contributed by atoms with Crippen molar-refractivity contribution in [3.63, 3.8) is 0 Å². The summed E-state index contributed by atoms with van der Waals surface area (Å²) in [6.45, 7) is -1.65. The maximum Gasteiger partial charge on any atom is 0.169 e. The van der Waals surface area contributed by atoms with Gasteiger partial charge in [0.15, 0.2) is 23.2 Å². The van der Waals surface area contributed by atoms with Gasteiger partial charge in [-0.25, -0.2) is 0 Å². The molecule has 9 rings (SSSR count). The average molecular weight is 1120 g/mol. The molecule has 0 spiro atoms. The molecule has 0 aromatic heterocycles. The molecule has 0 radical (unpaired) electrons. The Hall–Kier alpha value is -3.33. The zero-order chi connectivity index (χ0) is 46.9. The van der Waals surface area contributed by atoms with Crippen LogP contribution in [0.25, 0.3) is 0 Å². The second kappa shape index (κ2) is 20.6. The molecule has 0 heterocycles. The molecule has 0 aliphatic heterocycles. The molecule has 0 unspecified atom stereocenters. The molecule has 9 aromatic carbocycles. The fourth-order valence-corrected chi connectivity index (χ4v) is 73.5. The van der Waals surface area contributed by atoms with E-state index in [9.17, 15) is 0 Å². The van der Waals surface area contributed by atoms with Crippen LogP contribution in [0.5, 0.6) is 0 Å². The van der Waals surface area contributed by atoms with Gasteiger partial charge in [-0.05, 0) is 156 Å². The van der Waals surface area contributed by atoms with Crippen molar-refractivity contribution in [2.75, 3.05) is 0 Å². The lowest BCUT2D eigenvalue weighted by atomic mass is 10.3. The Morgan fingerprint density at radius 3 is 0.343 bits per heavy atom. The number of rotatable bonds is 12. The summed E-state index contributed by atoms with van der Waals surface area (Å²) in [7, 11) is -11.3. The highest BCUT2D eigenvalue weighted by Gasteiger charge is 2.68. The number of halogens is 9. The molecule has 0 aliphatic rings. The van der Waals surface area contributed by atoms with E-state index in [2.05, 4.69) is 109 Å². The van der Waals surface area contributed by atoms with Crippen molar-refractivity contribution in [2.24, 2.45) is 0 Å². The van der Waals surface area contributed by atoms with E-state index in [4.69, 9.17) is 104 Å². The first-order valence-electron chi connectivity index (χ1n) is 21.0. The predicted molar refractivity (Wildman–Crippen MR) is 304 cm³/mol. The van der Waals surface area contributed by atoms with Gasteiger partial charge < -0.3 is 0 Å². The van der Waals surface area contributed by atoms with Crippen LogP contribution in [0.15, 0.2) is 218 Å². The summed E-state index contributed by atoms with van der Waals surface area (Å²) >= 11 is 62.5. The van der Waals surface area contributed by atoms with Crippen LogP contribution >= 0.6 is 111 Å². The van der Waals surface area contributed by atoms with Crippen LogP contribution in [-0.4, -0.2) is 23.2 Å². The van der Waals surface area contributed by atoms with Crippen LogP contribution in [0.1, 0.15) is 0 Å². The fourth-order valence-electron chi connectivity index (χ4n) is 9.64. The van der Waals surface area contributed by atoms with Crippen LogP contribution in [0.3, 0.4) is 0 Å².